The molecule has 19 heavy (non-hydrogen) atoms. The average Bonchev–Trinajstić information content (AvgIpc) is 2.57. The van der Waals surface area contributed by atoms with Crippen LogP contribution in [-0.4, -0.2) is 45.9 Å². The van der Waals surface area contributed by atoms with Crippen LogP contribution in [0.2, 0.25) is 0 Å². The molecule has 0 bridgehead atoms. The number of carboxylic acids is 1. The van der Waals surface area contributed by atoms with Gasteiger partial charge in [-0.2, -0.15) is 13.2 Å². The molecule has 0 aromatic heterocycles. The summed E-state index contributed by atoms with van der Waals surface area (Å²) in [5.74, 6) is -2.08. The number of nitrogens with zero attached hydrogens (tertiary/aromatic N) is 1. The summed E-state index contributed by atoms with van der Waals surface area (Å²) in [4.78, 5) is 23.1. The summed E-state index contributed by atoms with van der Waals surface area (Å²) >= 11 is 0. The fourth-order valence-corrected chi connectivity index (χ4v) is 2.02. The van der Waals surface area contributed by atoms with Gasteiger partial charge >= 0.3 is 18.2 Å². The van der Waals surface area contributed by atoms with Crippen LogP contribution in [0.25, 0.3) is 0 Å². The van der Waals surface area contributed by atoms with Crippen LogP contribution in [0.5, 0.6) is 0 Å². The third-order valence-electron chi connectivity index (χ3n) is 2.82. The normalized spacial score (nSPS) is 24.4. The van der Waals surface area contributed by atoms with Crippen molar-refractivity contribution in [3.05, 3.63) is 0 Å². The Morgan fingerprint density at radius 2 is 1.79 bits per heavy atom. The quantitative estimate of drug-likeness (QED) is 0.802. The summed E-state index contributed by atoms with van der Waals surface area (Å²) < 4.78 is 44.1. The highest BCUT2D eigenvalue weighted by Gasteiger charge is 2.68. The number of ether oxygens (including phenoxy) is 1. The Kier molecular flexibility index (Phi) is 3.75. The van der Waals surface area contributed by atoms with E-state index in [1.165, 1.54) is 20.8 Å². The monoisotopic (exact) mass is 283 g/mol. The van der Waals surface area contributed by atoms with Crippen LogP contribution in [0, 0.1) is 0 Å². The number of carbonyl (C=O) groups is 2. The van der Waals surface area contributed by atoms with Crippen LogP contribution in [0.3, 0.4) is 0 Å². The number of carboxylic acid groups (broad SMARTS) is 1. The molecule has 1 aliphatic rings. The van der Waals surface area contributed by atoms with Crippen LogP contribution < -0.4 is 0 Å². The minimum atomic E-state index is -5.05. The first-order valence-corrected chi connectivity index (χ1v) is 5.72. The first-order chi connectivity index (χ1) is 8.42. The van der Waals surface area contributed by atoms with Gasteiger partial charge in [-0.3, -0.25) is 4.90 Å². The molecule has 0 aliphatic carbocycles. The van der Waals surface area contributed by atoms with Gasteiger partial charge in [-0.25, -0.2) is 9.59 Å². The standard InChI is InChI=1S/C11H16F3NO4/c1-9(2,3)19-8(18)15-6-4-5-10(15,7(16)17)11(12,13)14/h4-6H2,1-3H3,(H,16,17)/t10-/m0/s1. The lowest BCUT2D eigenvalue weighted by molar-refractivity contribution is -0.227. The summed E-state index contributed by atoms with van der Waals surface area (Å²) in [7, 11) is 0. The topological polar surface area (TPSA) is 66.8 Å². The molecule has 5 nitrogen and oxygen atoms in total. The van der Waals surface area contributed by atoms with E-state index in [-0.39, 0.29) is 17.9 Å². The Morgan fingerprint density at radius 1 is 1.26 bits per heavy atom. The van der Waals surface area contributed by atoms with Gasteiger partial charge in [0.05, 0.1) is 0 Å². The Bertz CT molecular complexity index is 388. The minimum Gasteiger partial charge on any atom is -0.479 e. The van der Waals surface area contributed by atoms with E-state index < -0.39 is 35.8 Å². The van der Waals surface area contributed by atoms with Crippen molar-refractivity contribution < 1.29 is 32.6 Å². The zero-order valence-corrected chi connectivity index (χ0v) is 10.9. The van der Waals surface area contributed by atoms with Crippen molar-refractivity contribution in [1.82, 2.24) is 4.90 Å². The van der Waals surface area contributed by atoms with E-state index in [2.05, 4.69) is 0 Å². The zero-order chi connectivity index (χ0) is 15.1. The Hall–Kier alpha value is -1.47. The maximum atomic E-state index is 13.1. The second kappa shape index (κ2) is 4.57. The third kappa shape index (κ3) is 2.76. The lowest BCUT2D eigenvalue weighted by Gasteiger charge is -2.36. The number of hydrogen-bond acceptors (Lipinski definition) is 3. The molecule has 0 radical (unpaired) electrons. The van der Waals surface area contributed by atoms with Crippen LogP contribution >= 0.6 is 0 Å². The van der Waals surface area contributed by atoms with E-state index in [1.54, 1.807) is 0 Å². The molecule has 8 heteroatoms. The number of likely N-dealkylation sites (tertiary alicyclic amines) is 1. The number of alkyl halides is 3. The number of amides is 1. The third-order valence-corrected chi connectivity index (χ3v) is 2.82. The molecule has 0 spiro atoms. The Labute approximate surface area is 108 Å². The molecule has 1 saturated heterocycles. The molecule has 0 aromatic carbocycles. The molecule has 1 aliphatic heterocycles. The number of hydrogen-bond donors (Lipinski definition) is 1. The van der Waals surface area contributed by atoms with Crippen LogP contribution in [0.15, 0.2) is 0 Å². The van der Waals surface area contributed by atoms with E-state index in [9.17, 15) is 22.8 Å². The largest absolute Gasteiger partial charge is 0.479 e. The van der Waals surface area contributed by atoms with Gasteiger partial charge in [0.15, 0.2) is 0 Å². The lowest BCUT2D eigenvalue weighted by atomic mass is 9.96. The molecule has 110 valence electrons. The Morgan fingerprint density at radius 3 is 2.16 bits per heavy atom. The summed E-state index contributed by atoms with van der Waals surface area (Å²) in [6.45, 7) is 4.20. The summed E-state index contributed by atoms with van der Waals surface area (Å²) in [6.07, 6.45) is -7.01. The summed E-state index contributed by atoms with van der Waals surface area (Å²) in [5.41, 5.74) is -4.18. The zero-order valence-electron chi connectivity index (χ0n) is 10.9. The predicted octanol–water partition coefficient (Wildman–Crippen LogP) is 2.40. The van der Waals surface area contributed by atoms with Crippen molar-refractivity contribution >= 4 is 12.1 Å². The van der Waals surface area contributed by atoms with Crippen molar-refractivity contribution in [2.24, 2.45) is 0 Å². The number of aliphatic carboxylic acids is 1. The van der Waals surface area contributed by atoms with Crippen LogP contribution in [0.4, 0.5) is 18.0 Å². The second-order valence-electron chi connectivity index (χ2n) is 5.40. The van der Waals surface area contributed by atoms with Gasteiger partial charge in [0, 0.05) is 6.54 Å². The average molecular weight is 283 g/mol. The molecule has 1 fully saturated rings. The number of halogens is 3. The van der Waals surface area contributed by atoms with Crippen molar-refractivity contribution in [2.75, 3.05) is 6.54 Å². The van der Waals surface area contributed by atoms with E-state index in [0.717, 1.165) is 0 Å². The summed E-state index contributed by atoms with van der Waals surface area (Å²) in [6, 6.07) is 0. The van der Waals surface area contributed by atoms with Gasteiger partial charge < -0.3 is 9.84 Å². The molecule has 1 amide bonds. The highest BCUT2D eigenvalue weighted by molar-refractivity contribution is 5.86. The van der Waals surface area contributed by atoms with Crippen molar-refractivity contribution in [3.8, 4) is 0 Å². The maximum absolute atomic E-state index is 13.1. The van der Waals surface area contributed by atoms with Crippen molar-refractivity contribution in [2.45, 2.75) is 50.9 Å². The molecule has 0 aromatic rings. The van der Waals surface area contributed by atoms with Gasteiger partial charge in [-0.05, 0) is 33.6 Å². The first kappa shape index (κ1) is 15.6. The van der Waals surface area contributed by atoms with E-state index in [4.69, 9.17) is 9.84 Å². The molecule has 1 heterocycles. The maximum Gasteiger partial charge on any atom is 0.422 e. The Balaban J connectivity index is 3.12. The molecular formula is C11H16F3NO4. The van der Waals surface area contributed by atoms with Gasteiger partial charge in [0.1, 0.15) is 5.60 Å². The predicted molar refractivity (Wildman–Crippen MR) is 58.6 cm³/mol. The van der Waals surface area contributed by atoms with Gasteiger partial charge in [-0.1, -0.05) is 0 Å². The van der Waals surface area contributed by atoms with E-state index in [0.29, 0.717) is 0 Å². The molecule has 1 rings (SSSR count). The number of carbonyl (C=O) groups excluding carboxylic acids is 1. The fraction of sp³-hybridized carbons (Fsp3) is 0.818. The van der Waals surface area contributed by atoms with E-state index >= 15 is 0 Å². The minimum absolute atomic E-state index is 0.0367. The highest BCUT2D eigenvalue weighted by atomic mass is 19.4. The molecule has 0 unspecified atom stereocenters. The van der Waals surface area contributed by atoms with Crippen molar-refractivity contribution in [1.29, 1.82) is 0 Å². The fourth-order valence-electron chi connectivity index (χ4n) is 2.02. The van der Waals surface area contributed by atoms with Crippen LogP contribution in [0.1, 0.15) is 33.6 Å². The van der Waals surface area contributed by atoms with Gasteiger partial charge in [0.2, 0.25) is 5.54 Å². The second-order valence-corrected chi connectivity index (χ2v) is 5.40. The summed E-state index contributed by atoms with van der Waals surface area (Å²) in [5, 5.41) is 8.95. The number of rotatable bonds is 1. The van der Waals surface area contributed by atoms with Crippen LogP contribution in [-0.2, 0) is 9.53 Å². The van der Waals surface area contributed by atoms with Gasteiger partial charge in [-0.15, -0.1) is 0 Å². The molecule has 1 atom stereocenters. The lowest BCUT2D eigenvalue weighted by Crippen LogP contribution is -2.62. The smallest absolute Gasteiger partial charge is 0.422 e. The first-order valence-electron chi connectivity index (χ1n) is 5.72. The highest BCUT2D eigenvalue weighted by Crippen LogP contribution is 2.44. The van der Waals surface area contributed by atoms with Crippen molar-refractivity contribution in [3.63, 3.8) is 0 Å². The SMILES string of the molecule is CC(C)(C)OC(=O)N1CCC[C@]1(C(=O)O)C(F)(F)F. The molecule has 0 saturated carbocycles. The molecule has 1 N–H and O–H groups in total. The van der Waals surface area contributed by atoms with E-state index in [1.807, 2.05) is 0 Å². The van der Waals surface area contributed by atoms with Gasteiger partial charge in [0.25, 0.3) is 0 Å². The molecular weight excluding hydrogens is 267 g/mol.